The smallest absolute Gasteiger partial charge is 0.308 e. The van der Waals surface area contributed by atoms with Crippen LogP contribution in [0.3, 0.4) is 0 Å². The summed E-state index contributed by atoms with van der Waals surface area (Å²) in [7, 11) is 0. The molecule has 0 saturated heterocycles. The summed E-state index contributed by atoms with van der Waals surface area (Å²) in [6.45, 7) is 3.56. The molecule has 0 radical (unpaired) electrons. The molecular weight excluding hydrogens is 349 g/mol. The normalized spacial score (nSPS) is 11.1. The highest BCUT2D eigenvalue weighted by molar-refractivity contribution is 6.66. The maximum absolute atomic E-state index is 11.9. The molecule has 2 aromatic rings. The van der Waals surface area contributed by atoms with Gasteiger partial charge in [-0.3, -0.25) is 5.32 Å². The Morgan fingerprint density at radius 2 is 1.64 bits per heavy atom. The van der Waals surface area contributed by atoms with Crippen molar-refractivity contribution in [1.82, 2.24) is 15.0 Å². The molecule has 2 N–H and O–H groups in total. The van der Waals surface area contributed by atoms with Crippen molar-refractivity contribution in [3.8, 4) is 0 Å². The van der Waals surface area contributed by atoms with Crippen LogP contribution in [0.5, 0.6) is 0 Å². The number of aromatic nitrogens is 3. The molecule has 0 fully saturated rings. The van der Waals surface area contributed by atoms with Gasteiger partial charge in [-0.2, -0.15) is 9.97 Å². The summed E-state index contributed by atoms with van der Waals surface area (Å²) in [5.74, 6) is 0.260. The van der Waals surface area contributed by atoms with E-state index in [1.807, 2.05) is 19.1 Å². The number of benzene rings is 1. The first-order chi connectivity index (χ1) is 10.2. The molecule has 0 bridgehead atoms. The number of hydrogen-bond acceptors (Lipinski definition) is 4. The third-order valence-electron chi connectivity index (χ3n) is 2.54. The molecule has 0 spiro atoms. The number of hydrogen-bond donors (Lipinski definition) is 2. The van der Waals surface area contributed by atoms with E-state index >= 15 is 0 Å². The summed E-state index contributed by atoms with van der Waals surface area (Å²) in [6, 6.07) is 6.80. The van der Waals surface area contributed by atoms with Crippen LogP contribution in [-0.4, -0.2) is 21.0 Å². The van der Waals surface area contributed by atoms with Crippen LogP contribution in [0.1, 0.15) is 17.2 Å². The molecule has 22 heavy (non-hydrogen) atoms. The Kier molecular flexibility index (Phi) is 5.05. The summed E-state index contributed by atoms with van der Waals surface area (Å²) in [4.78, 5) is 23.7. The van der Waals surface area contributed by atoms with Crippen molar-refractivity contribution in [3.63, 3.8) is 0 Å². The standard InChI is InChI=1S/C13H12Cl3N5O/c1-7-3-5-9(6-4-7)19-12(22)21-11-18-8(2)17-10(20-11)13(14,15)16/h3-6H,1-2H3,(H2,17,18,19,20,21,22). The Morgan fingerprint density at radius 3 is 2.23 bits per heavy atom. The summed E-state index contributed by atoms with van der Waals surface area (Å²) >= 11 is 17.2. The van der Waals surface area contributed by atoms with Gasteiger partial charge in [0.25, 0.3) is 0 Å². The maximum atomic E-state index is 11.9. The molecule has 9 heteroatoms. The van der Waals surface area contributed by atoms with Gasteiger partial charge in [-0.1, -0.05) is 52.5 Å². The van der Waals surface area contributed by atoms with Gasteiger partial charge in [-0.15, -0.1) is 0 Å². The molecule has 0 aliphatic heterocycles. The van der Waals surface area contributed by atoms with E-state index in [2.05, 4.69) is 25.6 Å². The molecule has 1 aromatic heterocycles. The fourth-order valence-corrected chi connectivity index (χ4v) is 1.82. The van der Waals surface area contributed by atoms with Gasteiger partial charge in [0.2, 0.25) is 9.74 Å². The van der Waals surface area contributed by atoms with Crippen LogP contribution >= 0.6 is 34.8 Å². The second-order valence-corrected chi connectivity index (χ2v) is 6.75. The minimum absolute atomic E-state index is 0.00145. The molecule has 116 valence electrons. The first kappa shape index (κ1) is 16.7. The zero-order chi connectivity index (χ0) is 16.3. The summed E-state index contributed by atoms with van der Waals surface area (Å²) in [5.41, 5.74) is 1.72. The van der Waals surface area contributed by atoms with E-state index in [1.54, 1.807) is 19.1 Å². The van der Waals surface area contributed by atoms with Crippen LogP contribution in [-0.2, 0) is 3.79 Å². The van der Waals surface area contributed by atoms with Crippen LogP contribution in [0.2, 0.25) is 0 Å². The lowest BCUT2D eigenvalue weighted by Gasteiger charge is -2.12. The van der Waals surface area contributed by atoms with Gasteiger partial charge < -0.3 is 5.32 Å². The van der Waals surface area contributed by atoms with Gasteiger partial charge in [0.1, 0.15) is 5.82 Å². The molecule has 2 amide bonds. The van der Waals surface area contributed by atoms with E-state index in [-0.39, 0.29) is 11.8 Å². The van der Waals surface area contributed by atoms with Crippen molar-refractivity contribution in [2.45, 2.75) is 17.6 Å². The molecular formula is C13H12Cl3N5O. The number of aryl methyl sites for hydroxylation is 2. The number of urea groups is 1. The van der Waals surface area contributed by atoms with Crippen LogP contribution in [0.15, 0.2) is 24.3 Å². The summed E-state index contributed by atoms with van der Waals surface area (Å²) in [6.07, 6.45) is 0. The van der Waals surface area contributed by atoms with Crippen molar-refractivity contribution >= 4 is 52.5 Å². The van der Waals surface area contributed by atoms with Crippen LogP contribution in [0.25, 0.3) is 0 Å². The van der Waals surface area contributed by atoms with Crippen molar-refractivity contribution < 1.29 is 4.79 Å². The van der Waals surface area contributed by atoms with Crippen molar-refractivity contribution in [1.29, 1.82) is 0 Å². The lowest BCUT2D eigenvalue weighted by Crippen LogP contribution is -2.22. The Labute approximate surface area is 142 Å². The van der Waals surface area contributed by atoms with Gasteiger partial charge in [-0.05, 0) is 26.0 Å². The van der Waals surface area contributed by atoms with E-state index in [0.29, 0.717) is 11.5 Å². The number of rotatable bonds is 2. The van der Waals surface area contributed by atoms with E-state index in [1.165, 1.54) is 0 Å². The third kappa shape index (κ3) is 4.69. The third-order valence-corrected chi connectivity index (χ3v) is 3.04. The number of nitrogens with one attached hydrogen (secondary N) is 2. The Hall–Kier alpha value is -1.63. The van der Waals surface area contributed by atoms with Gasteiger partial charge in [0, 0.05) is 5.69 Å². The van der Waals surface area contributed by atoms with E-state index < -0.39 is 9.82 Å². The molecule has 2 rings (SSSR count). The van der Waals surface area contributed by atoms with E-state index in [9.17, 15) is 4.79 Å². The molecule has 0 saturated carbocycles. The highest BCUT2D eigenvalue weighted by Crippen LogP contribution is 2.35. The monoisotopic (exact) mass is 359 g/mol. The predicted molar refractivity (Wildman–Crippen MR) is 87.6 cm³/mol. The SMILES string of the molecule is Cc1ccc(NC(=O)Nc2nc(C)nc(C(Cl)(Cl)Cl)n2)cc1. The number of nitrogens with zero attached hydrogens (tertiary/aromatic N) is 3. The largest absolute Gasteiger partial charge is 0.326 e. The second-order valence-electron chi connectivity index (χ2n) is 4.47. The Morgan fingerprint density at radius 1 is 1.00 bits per heavy atom. The number of halogens is 3. The van der Waals surface area contributed by atoms with Crippen LogP contribution in [0, 0.1) is 13.8 Å². The lowest BCUT2D eigenvalue weighted by atomic mass is 10.2. The number of anilines is 2. The zero-order valence-electron chi connectivity index (χ0n) is 11.7. The number of carbonyl (C=O) groups is 1. The molecule has 0 unspecified atom stereocenters. The average Bonchev–Trinajstić information content (AvgIpc) is 2.39. The van der Waals surface area contributed by atoms with Gasteiger partial charge in [0.15, 0.2) is 5.82 Å². The molecule has 0 aliphatic rings. The molecule has 6 nitrogen and oxygen atoms in total. The summed E-state index contributed by atoms with van der Waals surface area (Å²) < 4.78 is -1.79. The van der Waals surface area contributed by atoms with E-state index in [0.717, 1.165) is 5.56 Å². The van der Waals surface area contributed by atoms with Gasteiger partial charge in [-0.25, -0.2) is 9.78 Å². The van der Waals surface area contributed by atoms with E-state index in [4.69, 9.17) is 34.8 Å². The van der Waals surface area contributed by atoms with Crippen molar-refractivity contribution in [2.24, 2.45) is 0 Å². The minimum atomic E-state index is -1.79. The van der Waals surface area contributed by atoms with Crippen molar-refractivity contribution in [3.05, 3.63) is 41.5 Å². The minimum Gasteiger partial charge on any atom is -0.308 e. The molecule has 1 heterocycles. The van der Waals surface area contributed by atoms with Crippen molar-refractivity contribution in [2.75, 3.05) is 10.6 Å². The highest BCUT2D eigenvalue weighted by atomic mass is 35.6. The Balaban J connectivity index is 2.11. The quantitative estimate of drug-likeness (QED) is 0.794. The topological polar surface area (TPSA) is 79.8 Å². The Bertz CT molecular complexity index is 685. The molecule has 0 atom stereocenters. The number of alkyl halides is 3. The first-order valence-electron chi connectivity index (χ1n) is 6.18. The molecule has 1 aromatic carbocycles. The van der Waals surface area contributed by atoms with Gasteiger partial charge in [0.05, 0.1) is 0 Å². The first-order valence-corrected chi connectivity index (χ1v) is 7.32. The van der Waals surface area contributed by atoms with Crippen LogP contribution < -0.4 is 10.6 Å². The zero-order valence-corrected chi connectivity index (χ0v) is 14.0. The molecule has 0 aliphatic carbocycles. The average molecular weight is 361 g/mol. The summed E-state index contributed by atoms with van der Waals surface area (Å²) in [5, 5.41) is 5.12. The lowest BCUT2D eigenvalue weighted by molar-refractivity contribution is 0.262. The number of amides is 2. The second kappa shape index (κ2) is 6.64. The number of carbonyl (C=O) groups excluding carboxylic acids is 1. The maximum Gasteiger partial charge on any atom is 0.326 e. The fourth-order valence-electron chi connectivity index (χ4n) is 1.57. The fraction of sp³-hybridized carbons (Fsp3) is 0.231. The predicted octanol–water partition coefficient (Wildman–Crippen LogP) is 3.96. The van der Waals surface area contributed by atoms with Crippen LogP contribution in [0.4, 0.5) is 16.4 Å². The van der Waals surface area contributed by atoms with Gasteiger partial charge >= 0.3 is 6.03 Å². The highest BCUT2D eigenvalue weighted by Gasteiger charge is 2.28.